The average molecular weight is 389 g/mol. The van der Waals surface area contributed by atoms with Crippen LogP contribution in [0.4, 0.5) is 0 Å². The van der Waals surface area contributed by atoms with Gasteiger partial charge in [-0.15, -0.1) is 0 Å². The SMILES string of the molecule is COc1ccc(S(=O)(=O)CCC(=O)N2CCc3ccccc3C2)cc1OC. The summed E-state index contributed by atoms with van der Waals surface area (Å²) in [5.41, 5.74) is 2.37. The molecule has 6 nitrogen and oxygen atoms in total. The lowest BCUT2D eigenvalue weighted by molar-refractivity contribution is -0.131. The predicted molar refractivity (Wildman–Crippen MR) is 102 cm³/mol. The Kier molecular flexibility index (Phi) is 5.70. The molecule has 7 heteroatoms. The van der Waals surface area contributed by atoms with Crippen molar-refractivity contribution in [1.82, 2.24) is 4.90 Å². The van der Waals surface area contributed by atoms with Crippen LogP contribution in [0.1, 0.15) is 17.5 Å². The fraction of sp³-hybridized carbons (Fsp3) is 0.350. The van der Waals surface area contributed by atoms with Crippen molar-refractivity contribution >= 4 is 15.7 Å². The van der Waals surface area contributed by atoms with E-state index < -0.39 is 9.84 Å². The van der Waals surface area contributed by atoms with Crippen molar-refractivity contribution < 1.29 is 22.7 Å². The van der Waals surface area contributed by atoms with Crippen LogP contribution in [-0.4, -0.2) is 45.7 Å². The van der Waals surface area contributed by atoms with E-state index in [9.17, 15) is 13.2 Å². The molecule has 0 aliphatic carbocycles. The Hall–Kier alpha value is -2.54. The highest BCUT2D eigenvalue weighted by atomic mass is 32.2. The molecule has 0 atom stereocenters. The third-order valence-corrected chi connectivity index (χ3v) is 6.50. The first kappa shape index (κ1) is 19.2. The number of benzene rings is 2. The number of carbonyl (C=O) groups excluding carboxylic acids is 1. The van der Waals surface area contributed by atoms with E-state index in [2.05, 4.69) is 6.07 Å². The highest BCUT2D eigenvalue weighted by molar-refractivity contribution is 7.91. The van der Waals surface area contributed by atoms with Crippen LogP contribution in [0.3, 0.4) is 0 Å². The summed E-state index contributed by atoms with van der Waals surface area (Å²) in [6.45, 7) is 1.15. The van der Waals surface area contributed by atoms with Crippen molar-refractivity contribution in [1.29, 1.82) is 0 Å². The van der Waals surface area contributed by atoms with Crippen molar-refractivity contribution in [2.24, 2.45) is 0 Å². The van der Waals surface area contributed by atoms with Crippen molar-refractivity contribution in [3.8, 4) is 11.5 Å². The largest absolute Gasteiger partial charge is 0.493 e. The molecule has 3 rings (SSSR count). The second-order valence-corrected chi connectivity index (χ2v) is 8.53. The fourth-order valence-corrected chi connectivity index (χ4v) is 4.46. The van der Waals surface area contributed by atoms with Crippen LogP contribution < -0.4 is 9.47 Å². The van der Waals surface area contributed by atoms with Gasteiger partial charge in [0.1, 0.15) is 0 Å². The van der Waals surface area contributed by atoms with Crippen molar-refractivity contribution in [2.75, 3.05) is 26.5 Å². The Morgan fingerprint density at radius 3 is 2.44 bits per heavy atom. The average Bonchev–Trinajstić information content (AvgIpc) is 2.71. The summed E-state index contributed by atoms with van der Waals surface area (Å²) >= 11 is 0. The lowest BCUT2D eigenvalue weighted by Gasteiger charge is -2.29. The maximum Gasteiger partial charge on any atom is 0.223 e. The van der Waals surface area contributed by atoms with E-state index in [0.29, 0.717) is 24.6 Å². The molecule has 1 heterocycles. The van der Waals surface area contributed by atoms with Crippen molar-refractivity contribution in [3.63, 3.8) is 0 Å². The van der Waals surface area contributed by atoms with Gasteiger partial charge in [0.2, 0.25) is 5.91 Å². The Balaban J connectivity index is 1.66. The maximum absolute atomic E-state index is 12.6. The van der Waals surface area contributed by atoms with E-state index >= 15 is 0 Å². The lowest BCUT2D eigenvalue weighted by atomic mass is 10.00. The predicted octanol–water partition coefficient (Wildman–Crippen LogP) is 2.45. The van der Waals surface area contributed by atoms with Gasteiger partial charge in [-0.25, -0.2) is 8.42 Å². The minimum absolute atomic E-state index is 0.0428. The molecule has 0 bridgehead atoms. The molecule has 1 aliphatic heterocycles. The van der Waals surface area contributed by atoms with E-state index in [4.69, 9.17) is 9.47 Å². The Morgan fingerprint density at radius 2 is 1.74 bits per heavy atom. The van der Waals surface area contributed by atoms with Gasteiger partial charge in [-0.05, 0) is 29.7 Å². The summed E-state index contributed by atoms with van der Waals surface area (Å²) in [5.74, 6) is 0.421. The number of fused-ring (bicyclic) bond motifs is 1. The molecular formula is C20H23NO5S. The summed E-state index contributed by atoms with van der Waals surface area (Å²) in [6.07, 6.45) is 0.753. The molecule has 0 fully saturated rings. The molecule has 0 saturated carbocycles. The number of nitrogens with zero attached hydrogens (tertiary/aromatic N) is 1. The van der Waals surface area contributed by atoms with Gasteiger partial charge in [0.25, 0.3) is 0 Å². The monoisotopic (exact) mass is 389 g/mol. The topological polar surface area (TPSA) is 72.9 Å². The summed E-state index contributed by atoms with van der Waals surface area (Å²) in [5, 5.41) is 0. The fourth-order valence-electron chi connectivity index (χ4n) is 3.22. The summed E-state index contributed by atoms with van der Waals surface area (Å²) in [7, 11) is -0.657. The van der Waals surface area contributed by atoms with Gasteiger partial charge >= 0.3 is 0 Å². The smallest absolute Gasteiger partial charge is 0.223 e. The molecule has 0 spiro atoms. The molecule has 0 aromatic heterocycles. The van der Waals surface area contributed by atoms with Crippen molar-refractivity contribution in [2.45, 2.75) is 24.3 Å². The molecule has 0 N–H and O–H groups in total. The highest BCUT2D eigenvalue weighted by Gasteiger charge is 2.23. The molecule has 2 aromatic rings. The van der Waals surface area contributed by atoms with Gasteiger partial charge < -0.3 is 14.4 Å². The molecule has 27 heavy (non-hydrogen) atoms. The third-order valence-electron chi connectivity index (χ3n) is 4.78. The van der Waals surface area contributed by atoms with Crippen LogP contribution in [0.15, 0.2) is 47.4 Å². The first-order valence-corrected chi connectivity index (χ1v) is 10.4. The summed E-state index contributed by atoms with van der Waals surface area (Å²) in [4.78, 5) is 14.4. The van der Waals surface area contributed by atoms with Gasteiger partial charge in [0.05, 0.1) is 24.9 Å². The zero-order valence-corrected chi connectivity index (χ0v) is 16.3. The van der Waals surface area contributed by atoms with E-state index in [1.165, 1.54) is 31.9 Å². The van der Waals surface area contributed by atoms with Crippen LogP contribution in [0.25, 0.3) is 0 Å². The normalized spacial score (nSPS) is 13.8. The van der Waals surface area contributed by atoms with Crippen LogP contribution in [0, 0.1) is 0 Å². The minimum atomic E-state index is -3.60. The Morgan fingerprint density at radius 1 is 1.04 bits per heavy atom. The zero-order chi connectivity index (χ0) is 19.4. The number of sulfone groups is 1. The number of rotatable bonds is 6. The standard InChI is InChI=1S/C20H23NO5S/c1-25-18-8-7-17(13-19(18)26-2)27(23,24)12-10-20(22)21-11-9-15-5-3-4-6-16(15)14-21/h3-8,13H,9-12,14H2,1-2H3. The van der Waals surface area contributed by atoms with Crippen LogP contribution >= 0.6 is 0 Å². The second kappa shape index (κ2) is 8.00. The maximum atomic E-state index is 12.6. The highest BCUT2D eigenvalue weighted by Crippen LogP contribution is 2.30. The Labute approximate surface area is 159 Å². The van der Waals surface area contributed by atoms with Gasteiger partial charge in [0, 0.05) is 25.6 Å². The molecule has 144 valence electrons. The molecule has 2 aromatic carbocycles. The summed E-state index contributed by atoms with van der Waals surface area (Å²) < 4.78 is 35.5. The number of hydrogen-bond donors (Lipinski definition) is 0. The number of hydrogen-bond acceptors (Lipinski definition) is 5. The van der Waals surface area contributed by atoms with Gasteiger partial charge in [-0.2, -0.15) is 0 Å². The van der Waals surface area contributed by atoms with Crippen LogP contribution in [-0.2, 0) is 27.6 Å². The first-order valence-electron chi connectivity index (χ1n) is 8.74. The van der Waals surface area contributed by atoms with E-state index in [-0.39, 0.29) is 23.0 Å². The van der Waals surface area contributed by atoms with E-state index in [1.807, 2.05) is 18.2 Å². The van der Waals surface area contributed by atoms with E-state index in [1.54, 1.807) is 11.0 Å². The zero-order valence-electron chi connectivity index (χ0n) is 15.5. The molecule has 0 unspecified atom stereocenters. The molecular weight excluding hydrogens is 366 g/mol. The van der Waals surface area contributed by atoms with Crippen LogP contribution in [0.2, 0.25) is 0 Å². The minimum Gasteiger partial charge on any atom is -0.493 e. The molecule has 0 radical (unpaired) electrons. The first-order chi connectivity index (χ1) is 12.9. The van der Waals surface area contributed by atoms with Crippen molar-refractivity contribution in [3.05, 3.63) is 53.6 Å². The molecule has 1 amide bonds. The number of ether oxygens (including phenoxy) is 2. The van der Waals surface area contributed by atoms with Gasteiger partial charge in [-0.3, -0.25) is 4.79 Å². The molecule has 0 saturated heterocycles. The number of methoxy groups -OCH3 is 2. The lowest BCUT2D eigenvalue weighted by Crippen LogP contribution is -2.36. The quantitative estimate of drug-likeness (QED) is 0.759. The number of amides is 1. The van der Waals surface area contributed by atoms with E-state index in [0.717, 1.165) is 12.0 Å². The molecule has 1 aliphatic rings. The number of carbonyl (C=O) groups is 1. The Bertz CT molecular complexity index is 939. The van der Waals surface area contributed by atoms with Gasteiger partial charge in [-0.1, -0.05) is 24.3 Å². The third kappa shape index (κ3) is 4.24. The van der Waals surface area contributed by atoms with Gasteiger partial charge in [0.15, 0.2) is 21.3 Å². The van der Waals surface area contributed by atoms with Crippen LogP contribution in [0.5, 0.6) is 11.5 Å². The second-order valence-electron chi connectivity index (χ2n) is 6.42. The summed E-state index contributed by atoms with van der Waals surface area (Å²) in [6, 6.07) is 12.5.